The molecule has 0 spiro atoms. The zero-order chi connectivity index (χ0) is 16.4. The summed E-state index contributed by atoms with van der Waals surface area (Å²) in [5, 5.41) is 7.51. The predicted octanol–water partition coefficient (Wildman–Crippen LogP) is 4.01. The van der Waals surface area contributed by atoms with E-state index in [0.29, 0.717) is 0 Å². The Hall–Kier alpha value is -2.40. The number of carbonyl (C=O) groups is 1. The van der Waals surface area contributed by atoms with Gasteiger partial charge in [0.15, 0.2) is 0 Å². The number of rotatable bonds is 4. The summed E-state index contributed by atoms with van der Waals surface area (Å²) in [5.41, 5.74) is 3.93. The van der Waals surface area contributed by atoms with Gasteiger partial charge in [0.05, 0.1) is 5.69 Å². The molecule has 0 aliphatic heterocycles. The average Bonchev–Trinajstić information content (AvgIpc) is 3.05. The fourth-order valence-corrected chi connectivity index (χ4v) is 3.47. The van der Waals surface area contributed by atoms with Crippen molar-refractivity contribution in [1.29, 1.82) is 0 Å². The maximum Gasteiger partial charge on any atom is 0.331 e. The van der Waals surface area contributed by atoms with Crippen LogP contribution in [0, 0.1) is 13.8 Å². The van der Waals surface area contributed by atoms with E-state index in [1.807, 2.05) is 44.5 Å². The monoisotopic (exact) mass is 326 g/mol. The van der Waals surface area contributed by atoms with E-state index in [9.17, 15) is 4.79 Å². The first-order valence-electron chi connectivity index (χ1n) is 7.36. The Morgan fingerprint density at radius 3 is 2.87 bits per heavy atom. The van der Waals surface area contributed by atoms with E-state index in [2.05, 4.69) is 11.2 Å². The van der Waals surface area contributed by atoms with Crippen molar-refractivity contribution in [3.8, 4) is 0 Å². The minimum absolute atomic E-state index is 0.290. The largest absolute Gasteiger partial charge is 0.458 e. The van der Waals surface area contributed by atoms with Gasteiger partial charge in [-0.2, -0.15) is 5.10 Å². The molecule has 0 radical (unpaired) electrons. The first-order chi connectivity index (χ1) is 11.1. The highest BCUT2D eigenvalue weighted by molar-refractivity contribution is 7.17. The zero-order valence-corrected chi connectivity index (χ0v) is 14.2. The topological polar surface area (TPSA) is 44.1 Å². The minimum Gasteiger partial charge on any atom is -0.458 e. The molecule has 0 aliphatic rings. The Balaban J connectivity index is 1.67. The van der Waals surface area contributed by atoms with Crippen molar-refractivity contribution >= 4 is 33.5 Å². The Labute approximate surface area is 139 Å². The number of hydrogen-bond donors (Lipinski definition) is 0. The van der Waals surface area contributed by atoms with Crippen molar-refractivity contribution in [2.45, 2.75) is 20.5 Å². The molecule has 4 nitrogen and oxygen atoms in total. The highest BCUT2D eigenvalue weighted by atomic mass is 32.1. The van der Waals surface area contributed by atoms with E-state index in [0.717, 1.165) is 27.9 Å². The maximum atomic E-state index is 11.9. The Bertz CT molecular complexity index is 890. The summed E-state index contributed by atoms with van der Waals surface area (Å²) < 4.78 is 8.36. The van der Waals surface area contributed by atoms with Crippen LogP contribution in [0.3, 0.4) is 0 Å². The van der Waals surface area contributed by atoms with E-state index in [1.165, 1.54) is 10.8 Å². The number of fused-ring (bicyclic) bond motifs is 1. The molecule has 5 heteroatoms. The van der Waals surface area contributed by atoms with Crippen LogP contribution in [0.2, 0.25) is 0 Å². The molecule has 0 N–H and O–H groups in total. The molecule has 0 aliphatic carbocycles. The van der Waals surface area contributed by atoms with Crippen LogP contribution in [0.25, 0.3) is 16.2 Å². The van der Waals surface area contributed by atoms with Gasteiger partial charge in [-0.25, -0.2) is 4.79 Å². The molecule has 1 aromatic carbocycles. The molecular weight excluding hydrogens is 308 g/mol. The first-order valence-corrected chi connectivity index (χ1v) is 8.24. The summed E-state index contributed by atoms with van der Waals surface area (Å²) in [7, 11) is 1.89. The third-order valence-corrected chi connectivity index (χ3v) is 4.89. The first kappa shape index (κ1) is 15.5. The van der Waals surface area contributed by atoms with E-state index < -0.39 is 0 Å². The van der Waals surface area contributed by atoms with Gasteiger partial charge in [0.25, 0.3) is 0 Å². The highest BCUT2D eigenvalue weighted by Crippen LogP contribution is 2.26. The predicted molar refractivity (Wildman–Crippen MR) is 93.3 cm³/mol. The molecule has 2 heterocycles. The smallest absolute Gasteiger partial charge is 0.331 e. The summed E-state index contributed by atoms with van der Waals surface area (Å²) in [6.45, 7) is 4.19. The van der Waals surface area contributed by atoms with Crippen LogP contribution in [-0.2, 0) is 23.2 Å². The van der Waals surface area contributed by atoms with Gasteiger partial charge in [-0.3, -0.25) is 4.68 Å². The second-order valence-electron chi connectivity index (χ2n) is 5.41. The van der Waals surface area contributed by atoms with Crippen LogP contribution in [0.5, 0.6) is 0 Å². The van der Waals surface area contributed by atoms with Crippen molar-refractivity contribution in [1.82, 2.24) is 9.78 Å². The zero-order valence-electron chi connectivity index (χ0n) is 13.4. The molecule has 0 atom stereocenters. The fraction of sp³-hybridized carbons (Fsp3) is 0.222. The number of carbonyl (C=O) groups excluding carboxylic acids is 1. The second-order valence-corrected chi connectivity index (χ2v) is 6.32. The summed E-state index contributed by atoms with van der Waals surface area (Å²) in [6.07, 6.45) is 3.23. The lowest BCUT2D eigenvalue weighted by Crippen LogP contribution is -2.00. The number of nitrogens with zero attached hydrogens (tertiary/aromatic N) is 2. The van der Waals surface area contributed by atoms with Gasteiger partial charge in [-0.15, -0.1) is 11.3 Å². The molecule has 0 bridgehead atoms. The normalized spacial score (nSPS) is 11.4. The number of aryl methyl sites for hydroxylation is 2. The number of hydrogen-bond acceptors (Lipinski definition) is 4. The highest BCUT2D eigenvalue weighted by Gasteiger charge is 2.08. The van der Waals surface area contributed by atoms with Crippen molar-refractivity contribution < 1.29 is 9.53 Å². The number of aromatic nitrogens is 2. The van der Waals surface area contributed by atoms with Gasteiger partial charge in [-0.05, 0) is 36.8 Å². The van der Waals surface area contributed by atoms with Gasteiger partial charge in [-0.1, -0.05) is 18.2 Å². The lowest BCUT2D eigenvalue weighted by molar-refractivity contribution is -0.138. The van der Waals surface area contributed by atoms with Crippen LogP contribution in [0.1, 0.15) is 22.5 Å². The lowest BCUT2D eigenvalue weighted by atomic mass is 10.2. The molecule has 23 heavy (non-hydrogen) atoms. The number of ether oxygens (including phenoxy) is 1. The Morgan fingerprint density at radius 2 is 2.13 bits per heavy atom. The van der Waals surface area contributed by atoms with E-state index in [4.69, 9.17) is 4.74 Å². The van der Waals surface area contributed by atoms with Crippen molar-refractivity contribution in [2.24, 2.45) is 7.05 Å². The molecule has 3 aromatic rings. The van der Waals surface area contributed by atoms with Crippen LogP contribution in [0.4, 0.5) is 0 Å². The van der Waals surface area contributed by atoms with Crippen molar-refractivity contribution in [3.63, 3.8) is 0 Å². The van der Waals surface area contributed by atoms with Gasteiger partial charge in [0, 0.05) is 34.6 Å². The van der Waals surface area contributed by atoms with Gasteiger partial charge < -0.3 is 4.74 Å². The molecule has 0 saturated carbocycles. The summed E-state index contributed by atoms with van der Waals surface area (Å²) in [6, 6.07) is 8.12. The molecule has 0 unspecified atom stereocenters. The van der Waals surface area contributed by atoms with Crippen molar-refractivity contribution in [2.75, 3.05) is 0 Å². The van der Waals surface area contributed by atoms with Gasteiger partial charge >= 0.3 is 5.97 Å². The van der Waals surface area contributed by atoms with Crippen LogP contribution in [0.15, 0.2) is 35.7 Å². The Morgan fingerprint density at radius 1 is 1.35 bits per heavy atom. The number of benzene rings is 1. The number of thiophene rings is 1. The average molecular weight is 326 g/mol. The van der Waals surface area contributed by atoms with Crippen LogP contribution in [-0.4, -0.2) is 15.7 Å². The SMILES string of the molecule is Cc1nn(C)c(C)c1/C=C/C(=O)OCc1csc2ccccc12. The maximum absolute atomic E-state index is 11.9. The molecule has 3 rings (SSSR count). The van der Waals surface area contributed by atoms with Crippen molar-refractivity contribution in [3.05, 3.63) is 58.2 Å². The molecule has 118 valence electrons. The van der Waals surface area contributed by atoms with Crippen LogP contribution >= 0.6 is 11.3 Å². The minimum atomic E-state index is -0.345. The molecular formula is C18H18N2O2S. The summed E-state index contributed by atoms with van der Waals surface area (Å²) in [5.74, 6) is -0.345. The quantitative estimate of drug-likeness (QED) is 0.537. The van der Waals surface area contributed by atoms with E-state index in [1.54, 1.807) is 22.1 Å². The molecule has 0 fully saturated rings. The fourth-order valence-electron chi connectivity index (χ4n) is 2.52. The Kier molecular flexibility index (Phi) is 4.30. The standard InChI is InChI=1S/C18H18N2O2S/c1-12-15(13(2)20(3)19-12)8-9-18(21)22-10-14-11-23-17-7-5-4-6-16(14)17/h4-9,11H,10H2,1-3H3/b9-8+. The van der Waals surface area contributed by atoms with Gasteiger partial charge in [0.2, 0.25) is 0 Å². The molecule has 0 amide bonds. The number of esters is 1. The third kappa shape index (κ3) is 3.19. The third-order valence-electron chi connectivity index (χ3n) is 3.88. The summed E-state index contributed by atoms with van der Waals surface area (Å²) >= 11 is 1.66. The van der Waals surface area contributed by atoms with E-state index >= 15 is 0 Å². The summed E-state index contributed by atoms with van der Waals surface area (Å²) in [4.78, 5) is 11.9. The molecule has 2 aromatic heterocycles. The lowest BCUT2D eigenvalue weighted by Gasteiger charge is -2.01. The van der Waals surface area contributed by atoms with E-state index in [-0.39, 0.29) is 12.6 Å². The molecule has 0 saturated heterocycles. The van der Waals surface area contributed by atoms with Crippen LogP contribution < -0.4 is 0 Å². The second kappa shape index (κ2) is 6.38. The van der Waals surface area contributed by atoms with Gasteiger partial charge in [0.1, 0.15) is 6.61 Å².